The Bertz CT molecular complexity index is 989. The van der Waals surface area contributed by atoms with E-state index in [-0.39, 0.29) is 0 Å². The predicted octanol–water partition coefficient (Wildman–Crippen LogP) is 6.84. The number of ether oxygens (including phenoxy) is 3. The number of unbranched alkanes of at least 4 members (excludes halogenated alkanes) is 3. The Morgan fingerprint density at radius 2 is 1.18 bits per heavy atom. The van der Waals surface area contributed by atoms with Crippen molar-refractivity contribution in [3.63, 3.8) is 0 Å². The van der Waals surface area contributed by atoms with E-state index in [9.17, 15) is 5.11 Å². The summed E-state index contributed by atoms with van der Waals surface area (Å²) in [5, 5.41) is 10.7. The van der Waals surface area contributed by atoms with Crippen LogP contribution in [0.25, 0.3) is 0 Å². The van der Waals surface area contributed by atoms with Crippen LogP contribution in [0.1, 0.15) is 75.0 Å². The van der Waals surface area contributed by atoms with Crippen LogP contribution in [0.4, 0.5) is 0 Å². The maximum atomic E-state index is 10.7. The first-order valence-electron chi connectivity index (χ1n) is 14.0. The molecule has 3 rings (SSSR count). The molecule has 0 spiro atoms. The molecule has 3 aromatic rings. The van der Waals surface area contributed by atoms with Crippen molar-refractivity contribution < 1.29 is 19.3 Å². The summed E-state index contributed by atoms with van der Waals surface area (Å²) >= 11 is 0. The molecular formula is C33H45NO4. The highest BCUT2D eigenvalue weighted by atomic mass is 16.5. The first kappa shape index (κ1) is 29.7. The van der Waals surface area contributed by atoms with Gasteiger partial charge in [-0.25, -0.2) is 0 Å². The van der Waals surface area contributed by atoms with Gasteiger partial charge in [0.25, 0.3) is 0 Å². The first-order chi connectivity index (χ1) is 18.5. The lowest BCUT2D eigenvalue weighted by Gasteiger charge is -2.36. The highest BCUT2D eigenvalue weighted by molar-refractivity contribution is 5.49. The highest BCUT2D eigenvalue weighted by Crippen LogP contribution is 2.41. The molecule has 2 unspecified atom stereocenters. The average Bonchev–Trinajstić information content (AvgIpc) is 2.97. The number of methoxy groups -OCH3 is 2. The zero-order valence-corrected chi connectivity index (χ0v) is 23.3. The Balaban J connectivity index is 1.76. The largest absolute Gasteiger partial charge is 0.497 e. The maximum absolute atomic E-state index is 10.7. The van der Waals surface area contributed by atoms with E-state index in [0.717, 1.165) is 66.7 Å². The molecule has 0 radical (unpaired) electrons. The van der Waals surface area contributed by atoms with Crippen LogP contribution in [0.15, 0.2) is 78.9 Å². The summed E-state index contributed by atoms with van der Waals surface area (Å²) in [6, 6.07) is 26.6. The molecule has 0 amide bonds. The van der Waals surface area contributed by atoms with Gasteiger partial charge in [-0.2, -0.15) is 0 Å². The molecule has 3 aromatic carbocycles. The lowest BCUT2D eigenvalue weighted by Crippen LogP contribution is -2.34. The average molecular weight is 520 g/mol. The molecule has 0 fully saturated rings. The van der Waals surface area contributed by atoms with Gasteiger partial charge in [-0.1, -0.05) is 87.2 Å². The number of hydrogen-bond donors (Lipinski definition) is 2. The second-order valence-electron chi connectivity index (χ2n) is 9.96. The van der Waals surface area contributed by atoms with Crippen LogP contribution in [-0.4, -0.2) is 38.1 Å². The third-order valence-electron chi connectivity index (χ3n) is 7.33. The molecule has 0 aromatic heterocycles. The predicted molar refractivity (Wildman–Crippen MR) is 155 cm³/mol. The van der Waals surface area contributed by atoms with Crippen LogP contribution in [0.2, 0.25) is 0 Å². The Labute approximate surface area is 228 Å². The zero-order valence-electron chi connectivity index (χ0n) is 23.3. The minimum Gasteiger partial charge on any atom is -0.497 e. The van der Waals surface area contributed by atoms with E-state index in [1.165, 1.54) is 6.42 Å². The van der Waals surface area contributed by atoms with Crippen molar-refractivity contribution in [2.24, 2.45) is 5.73 Å². The van der Waals surface area contributed by atoms with Gasteiger partial charge in [0.05, 0.1) is 26.9 Å². The molecule has 5 heteroatoms. The molecule has 5 nitrogen and oxygen atoms in total. The quantitative estimate of drug-likeness (QED) is 0.151. The first-order valence-corrected chi connectivity index (χ1v) is 14.0. The van der Waals surface area contributed by atoms with Crippen molar-refractivity contribution >= 4 is 0 Å². The van der Waals surface area contributed by atoms with Crippen molar-refractivity contribution in [1.29, 1.82) is 0 Å². The molecule has 38 heavy (non-hydrogen) atoms. The Morgan fingerprint density at radius 1 is 0.684 bits per heavy atom. The summed E-state index contributed by atoms with van der Waals surface area (Å²) in [6.45, 7) is 2.55. The summed E-state index contributed by atoms with van der Waals surface area (Å²) in [7, 11) is 3.34. The van der Waals surface area contributed by atoms with Gasteiger partial charge in [0, 0.05) is 6.04 Å². The number of aliphatic hydroxyl groups is 1. The maximum Gasteiger partial charge on any atom is 0.143 e. The number of benzene rings is 3. The molecule has 0 saturated carbocycles. The van der Waals surface area contributed by atoms with Crippen LogP contribution in [0.3, 0.4) is 0 Å². The van der Waals surface area contributed by atoms with Crippen molar-refractivity contribution in [3.8, 4) is 11.5 Å². The van der Waals surface area contributed by atoms with Crippen LogP contribution in [0, 0.1) is 0 Å². The third kappa shape index (κ3) is 8.07. The van der Waals surface area contributed by atoms with E-state index in [1.807, 2.05) is 42.5 Å². The number of rotatable bonds is 17. The smallest absolute Gasteiger partial charge is 0.143 e. The molecule has 0 bridgehead atoms. The SMILES string of the molecule is CCC(N)CCCCCCC(O)CCOC(c1ccccc1)(c1ccc(OC)cc1)c1ccc(OC)cc1. The lowest BCUT2D eigenvalue weighted by atomic mass is 9.80. The molecule has 3 N–H and O–H groups in total. The molecule has 0 aliphatic heterocycles. The fraction of sp³-hybridized carbons (Fsp3) is 0.455. The van der Waals surface area contributed by atoms with Crippen LogP contribution in [0.5, 0.6) is 11.5 Å². The lowest BCUT2D eigenvalue weighted by molar-refractivity contribution is -0.00664. The van der Waals surface area contributed by atoms with Gasteiger partial charge in [0.2, 0.25) is 0 Å². The molecule has 0 aliphatic rings. The summed E-state index contributed by atoms with van der Waals surface area (Å²) in [4.78, 5) is 0. The number of aliphatic hydroxyl groups excluding tert-OH is 1. The van der Waals surface area contributed by atoms with Gasteiger partial charge in [-0.15, -0.1) is 0 Å². The molecule has 2 atom stereocenters. The van der Waals surface area contributed by atoms with Crippen LogP contribution in [-0.2, 0) is 10.3 Å². The highest BCUT2D eigenvalue weighted by Gasteiger charge is 2.37. The summed E-state index contributed by atoms with van der Waals surface area (Å²) in [5.41, 5.74) is 8.18. The minimum absolute atomic E-state index is 0.319. The Kier molecular flexibility index (Phi) is 12.1. The number of nitrogens with two attached hydrogens (primary N) is 1. The second kappa shape index (κ2) is 15.5. The molecule has 206 valence electrons. The number of hydrogen-bond acceptors (Lipinski definition) is 5. The van der Waals surface area contributed by atoms with E-state index in [2.05, 4.69) is 43.3 Å². The monoisotopic (exact) mass is 519 g/mol. The fourth-order valence-electron chi connectivity index (χ4n) is 4.91. The van der Waals surface area contributed by atoms with E-state index in [0.29, 0.717) is 19.1 Å². The van der Waals surface area contributed by atoms with Crippen LogP contribution < -0.4 is 15.2 Å². The van der Waals surface area contributed by atoms with Crippen molar-refractivity contribution in [1.82, 2.24) is 0 Å². The Hall–Kier alpha value is -2.86. The van der Waals surface area contributed by atoms with Gasteiger partial charge >= 0.3 is 0 Å². The van der Waals surface area contributed by atoms with E-state index in [4.69, 9.17) is 19.9 Å². The summed E-state index contributed by atoms with van der Waals surface area (Å²) < 4.78 is 17.7. The van der Waals surface area contributed by atoms with Crippen molar-refractivity contribution in [2.75, 3.05) is 20.8 Å². The van der Waals surface area contributed by atoms with Gasteiger partial charge < -0.3 is 25.1 Å². The molecule has 0 aliphatic carbocycles. The van der Waals surface area contributed by atoms with Crippen molar-refractivity contribution in [3.05, 3.63) is 95.6 Å². The van der Waals surface area contributed by atoms with E-state index in [1.54, 1.807) is 14.2 Å². The zero-order chi connectivity index (χ0) is 27.2. The van der Waals surface area contributed by atoms with Gasteiger partial charge in [0.1, 0.15) is 17.1 Å². The van der Waals surface area contributed by atoms with E-state index >= 15 is 0 Å². The van der Waals surface area contributed by atoms with Crippen LogP contribution >= 0.6 is 0 Å². The molecular weight excluding hydrogens is 474 g/mol. The molecule has 0 saturated heterocycles. The molecule has 0 heterocycles. The van der Waals surface area contributed by atoms with Gasteiger partial charge in [-0.05, 0) is 66.6 Å². The van der Waals surface area contributed by atoms with Gasteiger partial charge in [-0.3, -0.25) is 0 Å². The fourth-order valence-corrected chi connectivity index (χ4v) is 4.91. The second-order valence-corrected chi connectivity index (χ2v) is 9.96. The standard InChI is InChI=1S/C33H45NO4/c1-4-29(34)14-10-5-6-11-15-30(35)24-25-38-33(26-12-8-7-9-13-26,27-16-20-31(36-2)21-17-27)28-18-22-32(37-3)23-19-28/h7-9,12-13,16-23,29-30,35H,4-6,10-11,14-15,24-25,34H2,1-3H3. The van der Waals surface area contributed by atoms with Gasteiger partial charge in [0.15, 0.2) is 0 Å². The Morgan fingerprint density at radius 3 is 1.68 bits per heavy atom. The topological polar surface area (TPSA) is 73.9 Å². The van der Waals surface area contributed by atoms with E-state index < -0.39 is 11.7 Å². The third-order valence-corrected chi connectivity index (χ3v) is 7.33. The normalized spacial score (nSPS) is 13.2. The summed E-state index contributed by atoms with van der Waals surface area (Å²) in [5.74, 6) is 1.58. The van der Waals surface area contributed by atoms with Crippen molar-refractivity contribution in [2.45, 2.75) is 76.0 Å². The minimum atomic E-state index is -0.850. The summed E-state index contributed by atoms with van der Waals surface area (Å²) in [6.07, 6.45) is 7.56.